The van der Waals surface area contributed by atoms with Gasteiger partial charge in [-0.2, -0.15) is 0 Å². The Bertz CT molecular complexity index is 2730. The molecule has 0 fully saturated rings. The van der Waals surface area contributed by atoms with E-state index in [1.165, 1.54) is 94.2 Å². The Kier molecular flexibility index (Phi) is 5.00. The van der Waals surface area contributed by atoms with E-state index in [1.807, 2.05) is 22.7 Å². The summed E-state index contributed by atoms with van der Waals surface area (Å²) in [6, 6.07) is 47.8. The number of thiophene rings is 3. The standard InChI is InChI=1S/C40H22S3/c1-2-4-24-21-37-34(19-23(24)3-1)39-40(42-37)35-20-31-10-9-29(18-33(31)22-38(35)43-39)27-7-5-26-16-28(8-6-25(26)15-27)30-11-12-36-32(17-30)13-14-41-36/h1-22H. The Labute approximate surface area is 259 Å². The summed E-state index contributed by atoms with van der Waals surface area (Å²) in [5.74, 6) is 0. The molecule has 200 valence electrons. The maximum absolute atomic E-state index is 2.40. The third-order valence-electron chi connectivity index (χ3n) is 8.87. The van der Waals surface area contributed by atoms with Crippen LogP contribution in [0.5, 0.6) is 0 Å². The second-order valence-electron chi connectivity index (χ2n) is 11.4. The smallest absolute Gasteiger partial charge is 0.0542 e. The van der Waals surface area contributed by atoms with E-state index in [9.17, 15) is 0 Å². The fourth-order valence-electron chi connectivity index (χ4n) is 6.62. The highest BCUT2D eigenvalue weighted by molar-refractivity contribution is 7.36. The summed E-state index contributed by atoms with van der Waals surface area (Å²) in [6.45, 7) is 0. The molecule has 43 heavy (non-hydrogen) atoms. The Balaban J connectivity index is 1.05. The van der Waals surface area contributed by atoms with Crippen molar-refractivity contribution in [2.45, 2.75) is 0 Å². The second-order valence-corrected chi connectivity index (χ2v) is 14.5. The van der Waals surface area contributed by atoms with Crippen molar-refractivity contribution >= 4 is 106 Å². The first-order valence-electron chi connectivity index (χ1n) is 14.5. The predicted molar refractivity (Wildman–Crippen MR) is 193 cm³/mol. The molecule has 7 aromatic carbocycles. The molecule has 0 aliphatic rings. The molecule has 10 aromatic rings. The minimum atomic E-state index is 1.26. The first-order chi connectivity index (χ1) is 21.2. The van der Waals surface area contributed by atoms with Crippen LogP contribution in [0.2, 0.25) is 0 Å². The van der Waals surface area contributed by atoms with E-state index in [4.69, 9.17) is 0 Å². The molecule has 0 saturated heterocycles. The molecule has 0 atom stereocenters. The maximum atomic E-state index is 2.40. The van der Waals surface area contributed by atoms with Gasteiger partial charge < -0.3 is 0 Å². The molecule has 0 bridgehead atoms. The lowest BCUT2D eigenvalue weighted by atomic mass is 9.96. The molecule has 0 N–H and O–H groups in total. The molecule has 0 saturated carbocycles. The Hall–Kier alpha value is -4.54. The van der Waals surface area contributed by atoms with E-state index in [0.29, 0.717) is 0 Å². The minimum Gasteiger partial charge on any atom is -0.144 e. The monoisotopic (exact) mass is 598 g/mol. The van der Waals surface area contributed by atoms with Gasteiger partial charge in [0.25, 0.3) is 0 Å². The van der Waals surface area contributed by atoms with Gasteiger partial charge in [0.2, 0.25) is 0 Å². The molecular weight excluding hydrogens is 577 g/mol. The average Bonchev–Trinajstić information content (AvgIpc) is 3.75. The number of rotatable bonds is 2. The zero-order valence-corrected chi connectivity index (χ0v) is 25.4. The maximum Gasteiger partial charge on any atom is 0.0542 e. The molecule has 3 aromatic heterocycles. The lowest BCUT2D eigenvalue weighted by Crippen LogP contribution is -1.83. The normalized spacial score (nSPS) is 12.2. The summed E-state index contributed by atoms with van der Waals surface area (Å²) < 4.78 is 6.92. The van der Waals surface area contributed by atoms with E-state index in [-0.39, 0.29) is 0 Å². The highest BCUT2D eigenvalue weighted by atomic mass is 32.1. The highest BCUT2D eigenvalue weighted by Crippen LogP contribution is 2.46. The summed E-state index contributed by atoms with van der Waals surface area (Å²) >= 11 is 5.67. The van der Waals surface area contributed by atoms with Crippen LogP contribution >= 0.6 is 34.0 Å². The van der Waals surface area contributed by atoms with Gasteiger partial charge in [-0.1, -0.05) is 66.7 Å². The lowest BCUT2D eigenvalue weighted by molar-refractivity contribution is 1.66. The number of benzene rings is 7. The fraction of sp³-hybridized carbons (Fsp3) is 0. The topological polar surface area (TPSA) is 0 Å². The molecule has 0 radical (unpaired) electrons. The van der Waals surface area contributed by atoms with Gasteiger partial charge in [0, 0.05) is 24.9 Å². The lowest BCUT2D eigenvalue weighted by Gasteiger charge is -2.09. The molecule has 3 heteroatoms. The van der Waals surface area contributed by atoms with E-state index in [1.54, 1.807) is 11.3 Å². The first-order valence-corrected chi connectivity index (χ1v) is 17.0. The van der Waals surface area contributed by atoms with Crippen LogP contribution in [-0.2, 0) is 0 Å². The summed E-state index contributed by atoms with van der Waals surface area (Å²) in [6.07, 6.45) is 0. The zero-order valence-electron chi connectivity index (χ0n) is 22.9. The van der Waals surface area contributed by atoms with E-state index < -0.39 is 0 Å². The van der Waals surface area contributed by atoms with Crippen molar-refractivity contribution in [1.82, 2.24) is 0 Å². The molecule has 3 heterocycles. The van der Waals surface area contributed by atoms with Crippen LogP contribution in [0.1, 0.15) is 0 Å². The van der Waals surface area contributed by atoms with Crippen molar-refractivity contribution in [2.75, 3.05) is 0 Å². The van der Waals surface area contributed by atoms with Crippen LogP contribution in [0.3, 0.4) is 0 Å². The van der Waals surface area contributed by atoms with Gasteiger partial charge in [-0.05, 0) is 126 Å². The molecule has 0 amide bonds. The summed E-state index contributed by atoms with van der Waals surface area (Å²) in [5, 5.41) is 14.0. The largest absolute Gasteiger partial charge is 0.144 e. The molecule has 0 nitrogen and oxygen atoms in total. The second kappa shape index (κ2) is 8.98. The van der Waals surface area contributed by atoms with Gasteiger partial charge in [-0.3, -0.25) is 0 Å². The fourth-order valence-corrected chi connectivity index (χ4v) is 10.1. The van der Waals surface area contributed by atoms with Crippen molar-refractivity contribution < 1.29 is 0 Å². The SMILES string of the molecule is c1ccc2cc3c(cc2c1)sc1c2cc4ccc(-c5ccc6cc(-c7ccc8sccc8c7)ccc6c5)cc4cc2sc31. The van der Waals surface area contributed by atoms with Crippen molar-refractivity contribution in [1.29, 1.82) is 0 Å². The Morgan fingerprint density at radius 2 is 0.791 bits per heavy atom. The van der Waals surface area contributed by atoms with Gasteiger partial charge in [0.15, 0.2) is 0 Å². The minimum absolute atomic E-state index is 1.26. The van der Waals surface area contributed by atoms with Crippen LogP contribution in [0.25, 0.3) is 94.2 Å². The molecular formula is C40H22S3. The van der Waals surface area contributed by atoms with Gasteiger partial charge in [0.05, 0.1) is 9.40 Å². The summed E-state index contributed by atoms with van der Waals surface area (Å²) in [5.41, 5.74) is 5.05. The van der Waals surface area contributed by atoms with Crippen molar-refractivity contribution in [3.63, 3.8) is 0 Å². The van der Waals surface area contributed by atoms with E-state index >= 15 is 0 Å². The van der Waals surface area contributed by atoms with Crippen molar-refractivity contribution in [2.24, 2.45) is 0 Å². The first kappa shape index (κ1) is 24.0. The van der Waals surface area contributed by atoms with Crippen molar-refractivity contribution in [3.05, 3.63) is 133 Å². The predicted octanol–water partition coefficient (Wildman–Crippen LogP) is 13.3. The van der Waals surface area contributed by atoms with Crippen molar-refractivity contribution in [3.8, 4) is 22.3 Å². The zero-order chi connectivity index (χ0) is 28.1. The highest BCUT2D eigenvalue weighted by Gasteiger charge is 2.14. The number of fused-ring (bicyclic) bond motifs is 9. The van der Waals surface area contributed by atoms with E-state index in [0.717, 1.165) is 0 Å². The third-order valence-corrected chi connectivity index (χ3v) is 12.3. The average molecular weight is 599 g/mol. The van der Waals surface area contributed by atoms with Crippen LogP contribution in [-0.4, -0.2) is 0 Å². The number of hydrogen-bond donors (Lipinski definition) is 0. The molecule has 0 spiro atoms. The van der Waals surface area contributed by atoms with Gasteiger partial charge >= 0.3 is 0 Å². The molecule has 0 unspecified atom stereocenters. The Morgan fingerprint density at radius 1 is 0.326 bits per heavy atom. The van der Waals surface area contributed by atoms with E-state index in [2.05, 4.69) is 133 Å². The van der Waals surface area contributed by atoms with Gasteiger partial charge in [0.1, 0.15) is 0 Å². The van der Waals surface area contributed by atoms with Gasteiger partial charge in [-0.15, -0.1) is 34.0 Å². The van der Waals surface area contributed by atoms with Crippen LogP contribution in [0.4, 0.5) is 0 Å². The molecule has 10 rings (SSSR count). The number of hydrogen-bond acceptors (Lipinski definition) is 3. The molecule has 0 aliphatic heterocycles. The van der Waals surface area contributed by atoms with Crippen LogP contribution < -0.4 is 0 Å². The third kappa shape index (κ3) is 3.72. The Morgan fingerprint density at radius 3 is 1.42 bits per heavy atom. The quantitative estimate of drug-likeness (QED) is 0.186. The summed E-state index contributed by atoms with van der Waals surface area (Å²) in [7, 11) is 0. The van der Waals surface area contributed by atoms with Gasteiger partial charge in [-0.25, -0.2) is 0 Å². The molecule has 0 aliphatic carbocycles. The van der Waals surface area contributed by atoms with Crippen LogP contribution in [0.15, 0.2) is 133 Å². The van der Waals surface area contributed by atoms with Crippen LogP contribution in [0, 0.1) is 0 Å². The summed E-state index contributed by atoms with van der Waals surface area (Å²) in [4.78, 5) is 0.